The molecule has 0 fully saturated rings. The third-order valence-corrected chi connectivity index (χ3v) is 4.45. The molecule has 7 heteroatoms. The molecule has 1 aromatic carbocycles. The van der Waals surface area contributed by atoms with E-state index in [9.17, 15) is 4.79 Å². The number of carbonyl (C=O) groups is 1. The fourth-order valence-corrected chi connectivity index (χ4v) is 2.73. The molecule has 2 heterocycles. The molecular weight excluding hydrogens is 338 g/mol. The maximum atomic E-state index is 11.6. The van der Waals surface area contributed by atoms with Crippen LogP contribution < -0.4 is 5.32 Å². The van der Waals surface area contributed by atoms with E-state index in [0.29, 0.717) is 16.2 Å². The van der Waals surface area contributed by atoms with Gasteiger partial charge >= 0.3 is 0 Å². The quantitative estimate of drug-likeness (QED) is 0.660. The van der Waals surface area contributed by atoms with Crippen molar-refractivity contribution in [2.24, 2.45) is 0 Å². The zero-order valence-corrected chi connectivity index (χ0v) is 15.0. The summed E-state index contributed by atoms with van der Waals surface area (Å²) in [6, 6.07) is 7.84. The average Bonchev–Trinajstić information content (AvgIpc) is 3.10. The van der Waals surface area contributed by atoms with Crippen molar-refractivity contribution in [2.45, 2.75) is 33.1 Å². The van der Waals surface area contributed by atoms with Crippen LogP contribution in [0.15, 0.2) is 36.4 Å². The van der Waals surface area contributed by atoms with Crippen molar-refractivity contribution < 1.29 is 4.79 Å². The first kappa shape index (κ1) is 17.2. The minimum Gasteiger partial charge on any atom is -0.322 e. The number of aryl methyl sites for hydroxylation is 3. The third-order valence-electron chi connectivity index (χ3n) is 4.00. The number of rotatable bonds is 6. The summed E-state index contributed by atoms with van der Waals surface area (Å²) < 4.78 is 1.84. The largest absolute Gasteiger partial charge is 0.322 e. The molecule has 3 rings (SSSR count). The summed E-state index contributed by atoms with van der Waals surface area (Å²) in [5.41, 5.74) is 4.03. The summed E-state index contributed by atoms with van der Waals surface area (Å²) in [4.78, 5) is 11.6. The zero-order chi connectivity index (χ0) is 18.0. The third kappa shape index (κ3) is 3.74. The Morgan fingerprint density at radius 2 is 2.00 bits per heavy atom. The standard InChI is InChI=1S/C18H20ClN5O/c1-11(2)18(25)20-14-9-7-13(8-10-14)5-4-6-15-21-22-17-16(19)12(3)23-24(15)17/h7-10,23H,1,4-6H2,2-3H3,(H,20,25). The van der Waals surface area contributed by atoms with Gasteiger partial charge in [-0.15, -0.1) is 10.2 Å². The number of hydrogen-bond acceptors (Lipinski definition) is 3. The minimum atomic E-state index is -0.163. The molecule has 25 heavy (non-hydrogen) atoms. The lowest BCUT2D eigenvalue weighted by Gasteiger charge is -2.06. The Morgan fingerprint density at radius 1 is 1.28 bits per heavy atom. The van der Waals surface area contributed by atoms with E-state index in [2.05, 4.69) is 27.2 Å². The lowest BCUT2D eigenvalue weighted by atomic mass is 10.1. The van der Waals surface area contributed by atoms with E-state index in [-0.39, 0.29) is 5.91 Å². The number of nitrogens with one attached hydrogen (secondary N) is 2. The van der Waals surface area contributed by atoms with E-state index in [1.54, 1.807) is 6.92 Å². The molecule has 0 aliphatic heterocycles. The van der Waals surface area contributed by atoms with Gasteiger partial charge in [-0.2, -0.15) is 0 Å². The first-order valence-electron chi connectivity index (χ1n) is 8.09. The van der Waals surface area contributed by atoms with Crippen molar-refractivity contribution in [3.8, 4) is 0 Å². The molecule has 2 aromatic heterocycles. The fraction of sp³-hybridized carbons (Fsp3) is 0.278. The number of H-pyrrole nitrogens is 1. The number of fused-ring (bicyclic) bond motifs is 1. The average molecular weight is 358 g/mol. The Labute approximate surface area is 150 Å². The Hall–Kier alpha value is -2.60. The van der Waals surface area contributed by atoms with Gasteiger partial charge in [-0.05, 0) is 44.4 Å². The fourth-order valence-electron chi connectivity index (χ4n) is 2.57. The predicted octanol–water partition coefficient (Wildman–Crippen LogP) is 3.71. The van der Waals surface area contributed by atoms with Gasteiger partial charge in [-0.1, -0.05) is 30.3 Å². The molecule has 3 aromatic rings. The maximum Gasteiger partial charge on any atom is 0.250 e. The lowest BCUT2D eigenvalue weighted by molar-refractivity contribution is -0.112. The van der Waals surface area contributed by atoms with Crippen LogP contribution in [0.4, 0.5) is 5.69 Å². The second-order valence-electron chi connectivity index (χ2n) is 6.11. The van der Waals surface area contributed by atoms with Crippen LogP contribution in [0.2, 0.25) is 5.02 Å². The van der Waals surface area contributed by atoms with Gasteiger partial charge in [-0.3, -0.25) is 9.89 Å². The molecule has 0 aliphatic carbocycles. The SMILES string of the molecule is C=C(C)C(=O)Nc1ccc(CCCc2nnc3c(Cl)c(C)[nH]n23)cc1. The van der Waals surface area contributed by atoms with E-state index in [4.69, 9.17) is 11.6 Å². The molecule has 130 valence electrons. The molecule has 6 nitrogen and oxygen atoms in total. The van der Waals surface area contributed by atoms with Gasteiger partial charge in [0.2, 0.25) is 0 Å². The first-order chi connectivity index (χ1) is 12.0. The summed E-state index contributed by atoms with van der Waals surface area (Å²) in [7, 11) is 0. The predicted molar refractivity (Wildman–Crippen MR) is 99.0 cm³/mol. The smallest absolute Gasteiger partial charge is 0.250 e. The molecule has 0 atom stereocenters. The number of anilines is 1. The number of hydrogen-bond donors (Lipinski definition) is 2. The molecule has 0 saturated carbocycles. The molecule has 0 bridgehead atoms. The van der Waals surface area contributed by atoms with Crippen molar-refractivity contribution >= 4 is 28.8 Å². The zero-order valence-electron chi connectivity index (χ0n) is 14.3. The Kier molecular flexibility index (Phi) is 4.90. The second-order valence-corrected chi connectivity index (χ2v) is 6.49. The van der Waals surface area contributed by atoms with E-state index in [1.165, 1.54) is 5.56 Å². The van der Waals surface area contributed by atoms with Crippen molar-refractivity contribution in [2.75, 3.05) is 5.32 Å². The molecule has 0 spiro atoms. The number of aromatic nitrogens is 4. The van der Waals surface area contributed by atoms with Crippen molar-refractivity contribution in [1.29, 1.82) is 0 Å². The lowest BCUT2D eigenvalue weighted by Crippen LogP contribution is -2.11. The normalized spacial score (nSPS) is 11.0. The highest BCUT2D eigenvalue weighted by Crippen LogP contribution is 2.20. The minimum absolute atomic E-state index is 0.163. The van der Waals surface area contributed by atoms with Crippen LogP contribution in [0, 0.1) is 6.92 Å². The second kappa shape index (κ2) is 7.11. The van der Waals surface area contributed by atoms with E-state index < -0.39 is 0 Å². The molecule has 0 radical (unpaired) electrons. The Morgan fingerprint density at radius 3 is 2.68 bits per heavy atom. The highest BCUT2D eigenvalue weighted by atomic mass is 35.5. The Bertz CT molecular complexity index is 923. The summed E-state index contributed by atoms with van der Waals surface area (Å²) >= 11 is 6.17. The van der Waals surface area contributed by atoms with Crippen molar-refractivity contribution in [1.82, 2.24) is 19.8 Å². The van der Waals surface area contributed by atoms with E-state index in [0.717, 1.165) is 36.5 Å². The van der Waals surface area contributed by atoms with Gasteiger partial charge in [0.15, 0.2) is 11.5 Å². The highest BCUT2D eigenvalue weighted by Gasteiger charge is 2.12. The van der Waals surface area contributed by atoms with Gasteiger partial charge in [0.05, 0.1) is 5.69 Å². The topological polar surface area (TPSA) is 75.1 Å². The molecule has 0 saturated heterocycles. The van der Waals surface area contributed by atoms with Gasteiger partial charge < -0.3 is 5.32 Å². The summed E-state index contributed by atoms with van der Waals surface area (Å²) in [5.74, 6) is 0.707. The number of carbonyl (C=O) groups excluding carboxylic acids is 1. The monoisotopic (exact) mass is 357 g/mol. The Balaban J connectivity index is 1.57. The van der Waals surface area contributed by atoms with Gasteiger partial charge in [0.1, 0.15) is 5.02 Å². The van der Waals surface area contributed by atoms with Gasteiger partial charge in [0, 0.05) is 17.7 Å². The van der Waals surface area contributed by atoms with Crippen LogP contribution in [0.1, 0.15) is 30.4 Å². The van der Waals surface area contributed by atoms with Crippen molar-refractivity contribution in [3.05, 3.63) is 58.5 Å². The van der Waals surface area contributed by atoms with Crippen LogP contribution in [0.25, 0.3) is 5.65 Å². The van der Waals surface area contributed by atoms with Crippen LogP contribution in [-0.2, 0) is 17.6 Å². The maximum absolute atomic E-state index is 11.6. The molecular formula is C18H20ClN5O. The molecule has 0 aliphatic rings. The molecule has 0 unspecified atom stereocenters. The number of nitrogens with zero attached hydrogens (tertiary/aromatic N) is 3. The number of halogens is 1. The van der Waals surface area contributed by atoms with Gasteiger partial charge in [0.25, 0.3) is 5.91 Å². The summed E-state index contributed by atoms with van der Waals surface area (Å²) in [5, 5.41) is 14.9. The summed E-state index contributed by atoms with van der Waals surface area (Å²) in [6.45, 7) is 7.22. The van der Waals surface area contributed by atoms with Crippen LogP contribution in [0.5, 0.6) is 0 Å². The van der Waals surface area contributed by atoms with Crippen LogP contribution in [-0.4, -0.2) is 25.7 Å². The van der Waals surface area contributed by atoms with Gasteiger partial charge in [-0.25, -0.2) is 4.52 Å². The summed E-state index contributed by atoms with van der Waals surface area (Å²) in [6.07, 6.45) is 2.65. The number of amides is 1. The van der Waals surface area contributed by atoms with Crippen LogP contribution in [0.3, 0.4) is 0 Å². The first-order valence-corrected chi connectivity index (χ1v) is 8.47. The number of benzene rings is 1. The van der Waals surface area contributed by atoms with E-state index >= 15 is 0 Å². The molecule has 1 amide bonds. The van der Waals surface area contributed by atoms with E-state index in [1.807, 2.05) is 35.7 Å². The van der Waals surface area contributed by atoms with Crippen molar-refractivity contribution in [3.63, 3.8) is 0 Å². The number of aromatic amines is 1. The van der Waals surface area contributed by atoms with Crippen LogP contribution >= 0.6 is 11.6 Å². The highest BCUT2D eigenvalue weighted by molar-refractivity contribution is 6.34. The molecule has 2 N–H and O–H groups in total.